The van der Waals surface area contributed by atoms with Gasteiger partial charge in [0.05, 0.1) is 25.0 Å². The molecule has 21 heavy (non-hydrogen) atoms. The van der Waals surface area contributed by atoms with Crippen molar-refractivity contribution in [3.05, 3.63) is 18.2 Å². The molecule has 1 rings (SSSR count). The zero-order valence-electron chi connectivity index (χ0n) is 12.0. The molecule has 1 unspecified atom stereocenters. The number of H-pyrrole nitrogens is 1. The number of aromatic amines is 1. The van der Waals surface area contributed by atoms with E-state index in [1.165, 1.54) is 6.33 Å². The average Bonchev–Trinajstić information content (AvgIpc) is 2.98. The first-order valence-corrected chi connectivity index (χ1v) is 7.04. The second-order valence-electron chi connectivity index (χ2n) is 4.90. The summed E-state index contributed by atoms with van der Waals surface area (Å²) in [5.74, 6) is -0.571. The number of carbonyl (C=O) groups is 2. The minimum absolute atomic E-state index is 0.156. The van der Waals surface area contributed by atoms with Crippen LogP contribution in [-0.2, 0) is 16.0 Å². The Hall–Kier alpha value is -1.77. The molecule has 0 fully saturated rings. The van der Waals surface area contributed by atoms with E-state index in [4.69, 9.17) is 17.2 Å². The Kier molecular flexibility index (Phi) is 7.59. The standard InChI is InChI=1S/C13H24N6O2/c14-4-2-1-3-11(19-12(20)6-15)13(21)10(16)5-9-7-17-8-18-9/h7-8,10-11H,1-6,14-16H2,(H,17,18)(H,19,20)/t10-,11?/m0/s1. The Morgan fingerprint density at radius 2 is 2.10 bits per heavy atom. The summed E-state index contributed by atoms with van der Waals surface area (Å²) in [6, 6.07) is -1.32. The molecule has 1 heterocycles. The Morgan fingerprint density at radius 3 is 2.67 bits per heavy atom. The number of nitrogens with two attached hydrogens (primary N) is 3. The number of amides is 1. The summed E-state index contributed by atoms with van der Waals surface area (Å²) in [6.45, 7) is 0.391. The van der Waals surface area contributed by atoms with Crippen molar-refractivity contribution >= 4 is 11.7 Å². The second-order valence-corrected chi connectivity index (χ2v) is 4.90. The quantitative estimate of drug-likeness (QED) is 0.328. The van der Waals surface area contributed by atoms with E-state index in [2.05, 4.69) is 15.3 Å². The van der Waals surface area contributed by atoms with Crippen molar-refractivity contribution < 1.29 is 9.59 Å². The molecule has 0 saturated carbocycles. The number of nitrogens with one attached hydrogen (secondary N) is 2. The maximum atomic E-state index is 12.4. The lowest BCUT2D eigenvalue weighted by molar-refractivity contribution is -0.128. The number of carbonyl (C=O) groups excluding carboxylic acids is 2. The van der Waals surface area contributed by atoms with Gasteiger partial charge in [0, 0.05) is 18.3 Å². The van der Waals surface area contributed by atoms with Crippen LogP contribution in [0.25, 0.3) is 0 Å². The molecule has 0 radical (unpaired) electrons. The van der Waals surface area contributed by atoms with Crippen molar-refractivity contribution in [2.24, 2.45) is 17.2 Å². The van der Waals surface area contributed by atoms with Crippen LogP contribution < -0.4 is 22.5 Å². The third-order valence-electron chi connectivity index (χ3n) is 3.17. The van der Waals surface area contributed by atoms with Crippen LogP contribution in [0.5, 0.6) is 0 Å². The van der Waals surface area contributed by atoms with Gasteiger partial charge in [-0.05, 0) is 25.8 Å². The van der Waals surface area contributed by atoms with Crippen LogP contribution in [0.4, 0.5) is 0 Å². The van der Waals surface area contributed by atoms with E-state index in [1.807, 2.05) is 0 Å². The molecular weight excluding hydrogens is 272 g/mol. The number of aromatic nitrogens is 2. The molecular formula is C13H24N6O2. The van der Waals surface area contributed by atoms with Gasteiger partial charge in [-0.1, -0.05) is 0 Å². The first-order chi connectivity index (χ1) is 10.1. The first kappa shape index (κ1) is 17.3. The zero-order chi connectivity index (χ0) is 15.7. The number of hydrogen-bond donors (Lipinski definition) is 5. The third kappa shape index (κ3) is 6.03. The molecule has 1 aromatic rings. The Labute approximate surface area is 123 Å². The van der Waals surface area contributed by atoms with Gasteiger partial charge in [0.15, 0.2) is 5.78 Å². The molecule has 8 heteroatoms. The normalized spacial score (nSPS) is 13.7. The first-order valence-electron chi connectivity index (χ1n) is 7.04. The summed E-state index contributed by atoms with van der Waals surface area (Å²) in [4.78, 5) is 30.6. The molecule has 0 aliphatic rings. The molecule has 8 nitrogen and oxygen atoms in total. The number of nitrogens with zero attached hydrogens (tertiary/aromatic N) is 1. The van der Waals surface area contributed by atoms with Gasteiger partial charge >= 0.3 is 0 Å². The fourth-order valence-corrected chi connectivity index (χ4v) is 2.02. The number of imidazole rings is 1. The van der Waals surface area contributed by atoms with Gasteiger partial charge in [0.1, 0.15) is 0 Å². The molecule has 0 saturated heterocycles. The molecule has 118 valence electrons. The van der Waals surface area contributed by atoms with Gasteiger partial charge in [-0.25, -0.2) is 4.98 Å². The summed E-state index contributed by atoms with van der Waals surface area (Å²) < 4.78 is 0. The van der Waals surface area contributed by atoms with Gasteiger partial charge in [-0.3, -0.25) is 9.59 Å². The van der Waals surface area contributed by atoms with Gasteiger partial charge in [0.2, 0.25) is 5.91 Å². The lowest BCUT2D eigenvalue weighted by atomic mass is 9.97. The highest BCUT2D eigenvalue weighted by Crippen LogP contribution is 2.06. The summed E-state index contributed by atoms with van der Waals surface area (Å²) in [5.41, 5.74) is 17.4. The highest BCUT2D eigenvalue weighted by atomic mass is 16.2. The van der Waals surface area contributed by atoms with Gasteiger partial charge < -0.3 is 27.5 Å². The third-order valence-corrected chi connectivity index (χ3v) is 3.17. The number of hydrogen-bond acceptors (Lipinski definition) is 6. The van der Waals surface area contributed by atoms with Gasteiger partial charge in [0.25, 0.3) is 0 Å². The van der Waals surface area contributed by atoms with E-state index in [9.17, 15) is 9.59 Å². The van der Waals surface area contributed by atoms with Gasteiger partial charge in [-0.15, -0.1) is 0 Å². The molecule has 8 N–H and O–H groups in total. The van der Waals surface area contributed by atoms with E-state index < -0.39 is 12.1 Å². The summed E-state index contributed by atoms with van der Waals surface area (Å²) in [5, 5.41) is 2.63. The molecule has 2 atom stereocenters. The summed E-state index contributed by atoms with van der Waals surface area (Å²) in [6.07, 6.45) is 5.55. The number of ketones is 1. The molecule has 0 aliphatic heterocycles. The van der Waals surface area contributed by atoms with Crippen LogP contribution in [0.1, 0.15) is 25.0 Å². The van der Waals surface area contributed by atoms with Crippen LogP contribution in [0.15, 0.2) is 12.5 Å². The van der Waals surface area contributed by atoms with Crippen molar-refractivity contribution in [2.45, 2.75) is 37.8 Å². The molecule has 1 aromatic heterocycles. The van der Waals surface area contributed by atoms with Gasteiger partial charge in [-0.2, -0.15) is 0 Å². The number of unbranched alkanes of at least 4 members (excludes halogenated alkanes) is 1. The van der Waals surface area contributed by atoms with Crippen LogP contribution in [0.2, 0.25) is 0 Å². The summed E-state index contributed by atoms with van der Waals surface area (Å²) >= 11 is 0. The van der Waals surface area contributed by atoms with Crippen LogP contribution >= 0.6 is 0 Å². The minimum Gasteiger partial charge on any atom is -0.348 e. The SMILES string of the molecule is NCCCCC(NC(=O)CN)C(=O)[C@@H](N)Cc1cnc[nH]1. The molecule has 0 aromatic carbocycles. The maximum Gasteiger partial charge on any atom is 0.234 e. The zero-order valence-corrected chi connectivity index (χ0v) is 12.0. The fourth-order valence-electron chi connectivity index (χ4n) is 2.02. The van der Waals surface area contributed by atoms with E-state index in [0.29, 0.717) is 19.4 Å². The van der Waals surface area contributed by atoms with E-state index in [0.717, 1.165) is 18.5 Å². The largest absolute Gasteiger partial charge is 0.348 e. The number of Topliss-reactive ketones (excluding diaryl/α,β-unsaturated/α-hetero) is 1. The smallest absolute Gasteiger partial charge is 0.234 e. The van der Waals surface area contributed by atoms with Crippen molar-refractivity contribution in [1.29, 1.82) is 0 Å². The average molecular weight is 296 g/mol. The van der Waals surface area contributed by atoms with Crippen LogP contribution in [0, 0.1) is 0 Å². The predicted octanol–water partition coefficient (Wildman–Crippen LogP) is -1.58. The highest BCUT2D eigenvalue weighted by Gasteiger charge is 2.25. The molecule has 0 bridgehead atoms. The Balaban J connectivity index is 2.61. The minimum atomic E-state index is -0.702. The second kappa shape index (κ2) is 9.22. The highest BCUT2D eigenvalue weighted by molar-refractivity contribution is 5.93. The van der Waals surface area contributed by atoms with Crippen molar-refractivity contribution in [2.75, 3.05) is 13.1 Å². The van der Waals surface area contributed by atoms with Crippen LogP contribution in [-0.4, -0.2) is 46.8 Å². The number of rotatable bonds is 10. The molecule has 0 aliphatic carbocycles. The van der Waals surface area contributed by atoms with Crippen molar-refractivity contribution in [3.63, 3.8) is 0 Å². The topological polar surface area (TPSA) is 153 Å². The summed E-state index contributed by atoms with van der Waals surface area (Å²) in [7, 11) is 0. The monoisotopic (exact) mass is 296 g/mol. The van der Waals surface area contributed by atoms with Crippen LogP contribution in [0.3, 0.4) is 0 Å². The Morgan fingerprint density at radius 1 is 1.33 bits per heavy atom. The van der Waals surface area contributed by atoms with Crippen molar-refractivity contribution in [1.82, 2.24) is 15.3 Å². The molecule has 0 spiro atoms. The van der Waals surface area contributed by atoms with E-state index in [-0.39, 0.29) is 18.2 Å². The predicted molar refractivity (Wildman–Crippen MR) is 79.2 cm³/mol. The Bertz CT molecular complexity index is 434. The molecule has 1 amide bonds. The lowest BCUT2D eigenvalue weighted by Gasteiger charge is -2.20. The maximum absolute atomic E-state index is 12.4. The fraction of sp³-hybridized carbons (Fsp3) is 0.615. The van der Waals surface area contributed by atoms with E-state index in [1.54, 1.807) is 6.20 Å². The lowest BCUT2D eigenvalue weighted by Crippen LogP contribution is -2.50. The van der Waals surface area contributed by atoms with E-state index >= 15 is 0 Å². The van der Waals surface area contributed by atoms with Crippen molar-refractivity contribution in [3.8, 4) is 0 Å².